The third kappa shape index (κ3) is 5.33. The molecule has 2 fully saturated rings. The maximum Gasteiger partial charge on any atom is 0.302 e. The van der Waals surface area contributed by atoms with E-state index in [2.05, 4.69) is 20.6 Å². The monoisotopic (exact) mass is 550 g/mol. The van der Waals surface area contributed by atoms with E-state index in [-0.39, 0.29) is 47.9 Å². The Balaban J connectivity index is 1.40. The number of hydrogen-bond donors (Lipinski definition) is 4. The number of H-pyrrole nitrogens is 2. The number of fused-ring (bicyclic) bond motifs is 2. The summed E-state index contributed by atoms with van der Waals surface area (Å²) < 4.78 is 39.4. The van der Waals surface area contributed by atoms with Gasteiger partial charge in [-0.25, -0.2) is 8.78 Å². The molecule has 0 spiro atoms. The molecule has 0 bridgehead atoms. The number of esters is 2. The molecule has 2 aliphatic heterocycles. The Bertz CT molecular complexity index is 1480. The number of nitrogens with one attached hydrogen (secondary N) is 4. The van der Waals surface area contributed by atoms with Crippen molar-refractivity contribution in [2.75, 3.05) is 13.1 Å². The Morgan fingerprint density at radius 3 is 1.57 bits per heavy atom. The van der Waals surface area contributed by atoms with Gasteiger partial charge in [0.1, 0.15) is 23.8 Å². The lowest BCUT2D eigenvalue weighted by atomic mass is 9.95. The molecule has 10 heteroatoms. The van der Waals surface area contributed by atoms with Crippen LogP contribution in [0.15, 0.2) is 36.4 Å². The van der Waals surface area contributed by atoms with Crippen molar-refractivity contribution in [2.24, 2.45) is 0 Å². The number of carbonyl (C=O) groups excluding carboxylic acids is 2. The van der Waals surface area contributed by atoms with Gasteiger partial charge in [0.2, 0.25) is 0 Å². The van der Waals surface area contributed by atoms with Crippen LogP contribution in [0.4, 0.5) is 8.78 Å². The minimum absolute atomic E-state index is 0.0541. The Labute approximate surface area is 229 Å². The summed E-state index contributed by atoms with van der Waals surface area (Å²) in [6, 6.07) is 9.54. The van der Waals surface area contributed by atoms with Gasteiger partial charge in [0.05, 0.1) is 11.4 Å². The molecule has 0 unspecified atom stereocenters. The van der Waals surface area contributed by atoms with E-state index >= 15 is 0 Å². The summed E-state index contributed by atoms with van der Waals surface area (Å²) in [7, 11) is 0. The molecule has 4 atom stereocenters. The number of rotatable bonds is 7. The summed E-state index contributed by atoms with van der Waals surface area (Å²) in [6.07, 6.45) is 2.19. The number of aromatic amines is 2. The van der Waals surface area contributed by atoms with Crippen LogP contribution in [-0.2, 0) is 31.9 Å². The topological polar surface area (TPSA) is 108 Å². The van der Waals surface area contributed by atoms with Gasteiger partial charge >= 0.3 is 11.9 Å². The molecule has 0 aliphatic carbocycles. The first kappa shape index (κ1) is 26.5. The number of carbonyl (C=O) groups is 2. The van der Waals surface area contributed by atoms with E-state index in [1.165, 1.54) is 38.1 Å². The molecule has 4 aromatic rings. The van der Waals surface area contributed by atoms with E-state index in [9.17, 15) is 18.4 Å². The van der Waals surface area contributed by atoms with Gasteiger partial charge in [-0.1, -0.05) is 0 Å². The molecule has 8 nitrogen and oxygen atoms in total. The minimum atomic E-state index is -0.341. The Morgan fingerprint density at radius 2 is 1.18 bits per heavy atom. The van der Waals surface area contributed by atoms with E-state index in [4.69, 9.17) is 9.47 Å². The van der Waals surface area contributed by atoms with Crippen molar-refractivity contribution in [3.63, 3.8) is 0 Å². The zero-order chi connectivity index (χ0) is 28.0. The minimum Gasteiger partial charge on any atom is -0.461 e. The molecule has 2 aromatic heterocycles. The zero-order valence-electron chi connectivity index (χ0n) is 22.4. The first-order valence-corrected chi connectivity index (χ1v) is 13.6. The first-order valence-electron chi connectivity index (χ1n) is 13.6. The second-order valence-electron chi connectivity index (χ2n) is 10.9. The quantitative estimate of drug-likeness (QED) is 0.256. The van der Waals surface area contributed by atoms with E-state index in [1.54, 1.807) is 12.1 Å². The molecular weight excluding hydrogens is 518 g/mol. The van der Waals surface area contributed by atoms with E-state index in [0.29, 0.717) is 49.8 Å². The molecule has 6 rings (SSSR count). The third-order valence-electron chi connectivity index (χ3n) is 7.92. The van der Waals surface area contributed by atoms with Crippen LogP contribution in [-0.4, -0.2) is 59.3 Å². The molecule has 0 amide bonds. The van der Waals surface area contributed by atoms with Crippen LogP contribution in [0.1, 0.15) is 37.8 Å². The van der Waals surface area contributed by atoms with Crippen molar-refractivity contribution < 1.29 is 27.8 Å². The fourth-order valence-electron chi connectivity index (χ4n) is 6.32. The van der Waals surface area contributed by atoms with Crippen LogP contribution in [0.25, 0.3) is 33.2 Å². The lowest BCUT2D eigenvalue weighted by Gasteiger charge is -2.15. The van der Waals surface area contributed by atoms with Gasteiger partial charge in [-0.05, 0) is 60.4 Å². The van der Waals surface area contributed by atoms with Gasteiger partial charge in [0.25, 0.3) is 0 Å². The summed E-state index contributed by atoms with van der Waals surface area (Å²) in [4.78, 5) is 29.9. The van der Waals surface area contributed by atoms with Gasteiger partial charge in [-0.15, -0.1) is 0 Å². The van der Waals surface area contributed by atoms with Crippen molar-refractivity contribution >= 4 is 33.7 Å². The predicted molar refractivity (Wildman–Crippen MR) is 147 cm³/mol. The summed E-state index contributed by atoms with van der Waals surface area (Å²) in [6.45, 7) is 3.97. The number of aromatic nitrogens is 2. The van der Waals surface area contributed by atoms with Crippen LogP contribution < -0.4 is 10.6 Å². The van der Waals surface area contributed by atoms with Gasteiger partial charge in [0, 0.05) is 73.7 Å². The second-order valence-corrected chi connectivity index (χ2v) is 10.9. The highest BCUT2D eigenvalue weighted by Gasteiger charge is 2.31. The smallest absolute Gasteiger partial charge is 0.302 e. The molecular formula is C30H32F2N4O4. The molecule has 40 heavy (non-hydrogen) atoms. The first-order chi connectivity index (χ1) is 19.2. The lowest BCUT2D eigenvalue weighted by molar-refractivity contribution is -0.146. The fourth-order valence-corrected chi connectivity index (χ4v) is 6.32. The normalized spacial score (nSPS) is 22.8. The standard InChI is InChI=1S/C30H32F2N4O4/c1-15(37)39-21-9-19(33-13-21)11-25-23-5-3-17(31)7-27(23)35-29(25)30-26(24-6-4-18(32)8-28(24)36-30)12-20-10-22(14-34-20)40-16(2)38/h3-8,19-22,33-36H,9-14H2,1-2H3/t19-,20-,21-,22-/m0/s1. The maximum absolute atomic E-state index is 14.3. The molecule has 0 saturated carbocycles. The Hall–Kier alpha value is -3.76. The fraction of sp³-hybridized carbons (Fsp3) is 0.400. The number of hydrogen-bond acceptors (Lipinski definition) is 6. The highest BCUT2D eigenvalue weighted by atomic mass is 19.1. The van der Waals surface area contributed by atoms with Gasteiger partial charge in [-0.3, -0.25) is 9.59 Å². The number of benzene rings is 2. The molecule has 2 saturated heterocycles. The second kappa shape index (κ2) is 10.7. The summed E-state index contributed by atoms with van der Waals surface area (Å²) in [5, 5.41) is 8.72. The average Bonchev–Trinajstić information content (AvgIpc) is 3.66. The largest absolute Gasteiger partial charge is 0.461 e. The van der Waals surface area contributed by atoms with E-state index in [1.807, 2.05) is 0 Å². The van der Waals surface area contributed by atoms with Crippen molar-refractivity contribution in [3.8, 4) is 11.4 Å². The van der Waals surface area contributed by atoms with Crippen molar-refractivity contribution in [1.29, 1.82) is 0 Å². The molecule has 4 heterocycles. The number of halogens is 2. The van der Waals surface area contributed by atoms with Crippen LogP contribution in [0.5, 0.6) is 0 Å². The molecule has 2 aliphatic rings. The van der Waals surface area contributed by atoms with Crippen LogP contribution >= 0.6 is 0 Å². The molecule has 210 valence electrons. The lowest BCUT2D eigenvalue weighted by Crippen LogP contribution is -2.24. The summed E-state index contributed by atoms with van der Waals surface area (Å²) in [5.74, 6) is -1.29. The number of ether oxygens (including phenoxy) is 2. The Kier molecular flexibility index (Phi) is 7.06. The third-order valence-corrected chi connectivity index (χ3v) is 7.92. The van der Waals surface area contributed by atoms with Crippen LogP contribution in [0, 0.1) is 11.6 Å². The summed E-state index contributed by atoms with van der Waals surface area (Å²) in [5.41, 5.74) is 4.98. The molecule has 2 aromatic carbocycles. The van der Waals surface area contributed by atoms with Gasteiger partial charge < -0.3 is 30.1 Å². The van der Waals surface area contributed by atoms with Gasteiger partial charge in [-0.2, -0.15) is 0 Å². The van der Waals surface area contributed by atoms with Crippen molar-refractivity contribution in [3.05, 3.63) is 59.2 Å². The maximum atomic E-state index is 14.3. The molecule has 4 N–H and O–H groups in total. The highest BCUT2D eigenvalue weighted by Crippen LogP contribution is 2.38. The van der Waals surface area contributed by atoms with Crippen molar-refractivity contribution in [2.45, 2.75) is 63.8 Å². The van der Waals surface area contributed by atoms with Crippen molar-refractivity contribution in [1.82, 2.24) is 20.6 Å². The van der Waals surface area contributed by atoms with Crippen LogP contribution in [0.2, 0.25) is 0 Å². The summed E-state index contributed by atoms with van der Waals surface area (Å²) >= 11 is 0. The molecule has 0 radical (unpaired) electrons. The Morgan fingerprint density at radius 1 is 0.750 bits per heavy atom. The highest BCUT2D eigenvalue weighted by molar-refractivity contribution is 5.96. The SMILES string of the molecule is CC(=O)O[C@@H]1CN[C@H](Cc2c(-c3[nH]c4cc(F)ccc4c3C[C@@H]3C[C@H](OC(C)=O)CN3)[nH]c3cc(F)ccc23)C1. The predicted octanol–water partition coefficient (Wildman–Crippen LogP) is 4.27. The van der Waals surface area contributed by atoms with E-state index in [0.717, 1.165) is 33.3 Å². The average molecular weight is 551 g/mol. The van der Waals surface area contributed by atoms with Gasteiger partial charge in [0.15, 0.2) is 0 Å². The zero-order valence-corrected chi connectivity index (χ0v) is 22.4. The van der Waals surface area contributed by atoms with Crippen LogP contribution in [0.3, 0.4) is 0 Å². The van der Waals surface area contributed by atoms with E-state index < -0.39 is 0 Å².